The number of aromatic nitrogens is 3. The summed E-state index contributed by atoms with van der Waals surface area (Å²) < 4.78 is 10.7. The van der Waals surface area contributed by atoms with Crippen molar-refractivity contribution in [1.29, 1.82) is 0 Å². The molecule has 0 saturated carbocycles. The third-order valence-corrected chi connectivity index (χ3v) is 4.11. The molecule has 7 nitrogen and oxygen atoms in total. The van der Waals surface area contributed by atoms with Crippen LogP contribution in [0, 0.1) is 6.92 Å². The summed E-state index contributed by atoms with van der Waals surface area (Å²) in [6.45, 7) is 1.88. The van der Waals surface area contributed by atoms with Gasteiger partial charge in [0.1, 0.15) is 17.3 Å². The molecule has 2 aromatic heterocycles. The van der Waals surface area contributed by atoms with Gasteiger partial charge in [-0.15, -0.1) is 0 Å². The van der Waals surface area contributed by atoms with Gasteiger partial charge in [0.05, 0.1) is 24.9 Å². The number of hydrogen-bond acceptors (Lipinski definition) is 6. The first kappa shape index (κ1) is 16.1. The monoisotopic (exact) mass is 344 g/mol. The van der Waals surface area contributed by atoms with E-state index in [9.17, 15) is 0 Å². The summed E-state index contributed by atoms with van der Waals surface area (Å²) in [4.78, 5) is 12.3. The number of fused-ring (bicyclic) bond motifs is 1. The fraction of sp³-hybridized carbons (Fsp3) is 0.188. The van der Waals surface area contributed by atoms with Crippen LogP contribution in [0.4, 0.5) is 11.8 Å². The first-order chi connectivity index (χ1) is 11.5. The molecule has 124 valence electrons. The van der Waals surface area contributed by atoms with E-state index in [1.165, 1.54) is 13.3 Å². The van der Waals surface area contributed by atoms with Crippen LogP contribution in [0.15, 0.2) is 18.3 Å². The lowest BCUT2D eigenvalue weighted by Crippen LogP contribution is -2.00. The summed E-state index contributed by atoms with van der Waals surface area (Å²) in [7, 11) is 3.11. The normalized spacial score (nSPS) is 10.8. The Bertz CT molecular complexity index is 917. The van der Waals surface area contributed by atoms with Gasteiger partial charge in [0.15, 0.2) is 0 Å². The molecule has 0 aliphatic carbocycles. The Hall–Kier alpha value is -2.80. The molecule has 0 unspecified atom stereocenters. The highest BCUT2D eigenvalue weighted by Crippen LogP contribution is 2.42. The topological polar surface area (TPSA) is 107 Å². The van der Waals surface area contributed by atoms with Crippen molar-refractivity contribution in [3.8, 4) is 22.8 Å². The van der Waals surface area contributed by atoms with Crippen LogP contribution in [-0.2, 0) is 0 Å². The molecule has 3 aromatic rings. The maximum atomic E-state index is 7.51. The van der Waals surface area contributed by atoms with Gasteiger partial charge in [-0.05, 0) is 24.6 Å². The summed E-state index contributed by atoms with van der Waals surface area (Å²) in [5.41, 5.74) is 16.0. The summed E-state index contributed by atoms with van der Waals surface area (Å²) in [5.74, 6) is 1.20. The molecule has 0 aliphatic rings. The maximum Gasteiger partial charge on any atom is 0.141 e. The molecule has 3 N–H and O–H groups in total. The van der Waals surface area contributed by atoms with Crippen molar-refractivity contribution in [3.63, 3.8) is 0 Å². The van der Waals surface area contributed by atoms with Gasteiger partial charge in [0.2, 0.25) is 0 Å². The zero-order valence-electron chi connectivity index (χ0n) is 13.3. The van der Waals surface area contributed by atoms with E-state index in [1.54, 1.807) is 19.2 Å². The number of rotatable bonds is 3. The van der Waals surface area contributed by atoms with Gasteiger partial charge in [0, 0.05) is 28.7 Å². The Morgan fingerprint density at radius 1 is 1.12 bits per heavy atom. The highest BCUT2D eigenvalue weighted by Gasteiger charge is 2.19. The largest absolute Gasteiger partial charge is 0.496 e. The zero-order chi connectivity index (χ0) is 17.4. The van der Waals surface area contributed by atoms with E-state index >= 15 is 0 Å². The number of nitrogen functional groups attached to an aromatic ring is 1. The Balaban J connectivity index is 2.33. The van der Waals surface area contributed by atoms with Crippen molar-refractivity contribution >= 4 is 34.3 Å². The van der Waals surface area contributed by atoms with Crippen molar-refractivity contribution in [2.24, 2.45) is 0 Å². The van der Waals surface area contributed by atoms with Crippen LogP contribution >= 0.6 is 11.6 Å². The quantitative estimate of drug-likeness (QED) is 0.771. The highest BCUT2D eigenvalue weighted by atomic mass is 35.5. The van der Waals surface area contributed by atoms with Gasteiger partial charge >= 0.3 is 0 Å². The minimum absolute atomic E-state index is 0.110. The summed E-state index contributed by atoms with van der Waals surface area (Å²) in [6, 6.07) is 3.50. The average molecular weight is 345 g/mol. The van der Waals surface area contributed by atoms with E-state index in [0.29, 0.717) is 38.7 Å². The SMILES string of the molecule is COc1cc(OC)c(Cl)c(-c2cc3cnc([NH-])nc3c(N)n2)c1C. The van der Waals surface area contributed by atoms with Crippen LogP contribution in [0.1, 0.15) is 5.56 Å². The molecule has 0 bridgehead atoms. The number of pyridine rings is 1. The Labute approximate surface area is 143 Å². The summed E-state index contributed by atoms with van der Waals surface area (Å²) in [5, 5.41) is 1.09. The molecular weight excluding hydrogens is 330 g/mol. The van der Waals surface area contributed by atoms with Crippen LogP contribution in [-0.4, -0.2) is 29.2 Å². The first-order valence-corrected chi connectivity index (χ1v) is 7.40. The van der Waals surface area contributed by atoms with Gasteiger partial charge < -0.3 is 30.9 Å². The number of anilines is 1. The number of benzene rings is 1. The fourth-order valence-corrected chi connectivity index (χ4v) is 2.93. The zero-order valence-corrected chi connectivity index (χ0v) is 14.1. The molecule has 0 atom stereocenters. The predicted octanol–water partition coefficient (Wildman–Crippen LogP) is 3.94. The second kappa shape index (κ2) is 6.01. The smallest absolute Gasteiger partial charge is 0.141 e. The molecule has 0 saturated heterocycles. The van der Waals surface area contributed by atoms with E-state index in [2.05, 4.69) is 15.0 Å². The Kier molecular flexibility index (Phi) is 4.02. The minimum Gasteiger partial charge on any atom is -0.496 e. The van der Waals surface area contributed by atoms with Gasteiger partial charge in [-0.25, -0.2) is 4.98 Å². The lowest BCUT2D eigenvalue weighted by Gasteiger charge is -2.17. The number of nitrogens with two attached hydrogens (primary N) is 1. The molecule has 2 heterocycles. The summed E-state index contributed by atoms with van der Waals surface area (Å²) in [6.07, 6.45) is 1.53. The maximum absolute atomic E-state index is 7.51. The second-order valence-corrected chi connectivity index (χ2v) is 5.50. The summed E-state index contributed by atoms with van der Waals surface area (Å²) >= 11 is 6.48. The van der Waals surface area contributed by atoms with Crippen molar-refractivity contribution < 1.29 is 9.47 Å². The van der Waals surface area contributed by atoms with E-state index in [1.807, 2.05) is 6.92 Å². The standard InChI is InChI=1S/C16H15ClN5O2/c1-7-10(23-2)5-11(24-3)13(17)12(7)9-4-8-6-20-16(19)22-14(8)15(18)21-9/h4-6H,1-3H3,(H3-,18,19,20,21,22)/q-1. The molecule has 24 heavy (non-hydrogen) atoms. The predicted molar refractivity (Wildman–Crippen MR) is 94.0 cm³/mol. The van der Waals surface area contributed by atoms with E-state index in [-0.39, 0.29) is 11.8 Å². The fourth-order valence-electron chi connectivity index (χ4n) is 2.56. The average Bonchev–Trinajstić information content (AvgIpc) is 2.56. The van der Waals surface area contributed by atoms with Crippen LogP contribution in [0.25, 0.3) is 27.9 Å². The van der Waals surface area contributed by atoms with Crippen LogP contribution < -0.4 is 15.2 Å². The van der Waals surface area contributed by atoms with Crippen molar-refractivity contribution in [1.82, 2.24) is 15.0 Å². The van der Waals surface area contributed by atoms with Crippen LogP contribution in [0.2, 0.25) is 5.02 Å². The number of methoxy groups -OCH3 is 2. The third-order valence-electron chi connectivity index (χ3n) is 3.73. The van der Waals surface area contributed by atoms with Crippen molar-refractivity contribution in [2.45, 2.75) is 6.92 Å². The van der Waals surface area contributed by atoms with E-state index in [0.717, 1.165) is 5.56 Å². The van der Waals surface area contributed by atoms with Crippen molar-refractivity contribution in [3.05, 3.63) is 34.6 Å². The third kappa shape index (κ3) is 2.52. The lowest BCUT2D eigenvalue weighted by molar-refractivity contribution is 0.393. The molecular formula is C16H15ClN5O2-. The van der Waals surface area contributed by atoms with E-state index < -0.39 is 0 Å². The van der Waals surface area contributed by atoms with Gasteiger partial charge in [-0.3, -0.25) is 0 Å². The molecule has 0 radical (unpaired) electrons. The Morgan fingerprint density at radius 2 is 1.83 bits per heavy atom. The lowest BCUT2D eigenvalue weighted by atomic mass is 10.0. The molecule has 3 rings (SSSR count). The molecule has 0 fully saturated rings. The van der Waals surface area contributed by atoms with Crippen molar-refractivity contribution in [2.75, 3.05) is 20.0 Å². The minimum atomic E-state index is -0.110. The number of halogens is 1. The molecule has 1 aromatic carbocycles. The van der Waals surface area contributed by atoms with E-state index in [4.69, 9.17) is 32.5 Å². The molecule has 0 spiro atoms. The number of ether oxygens (including phenoxy) is 2. The van der Waals surface area contributed by atoms with Gasteiger partial charge in [-0.1, -0.05) is 11.6 Å². The molecule has 0 aliphatic heterocycles. The number of nitrogens with one attached hydrogen (secondary N) is 1. The highest BCUT2D eigenvalue weighted by molar-refractivity contribution is 6.35. The van der Waals surface area contributed by atoms with Gasteiger partial charge in [-0.2, -0.15) is 0 Å². The number of hydrogen-bond donors (Lipinski definition) is 1. The number of nitrogens with zero attached hydrogens (tertiary/aromatic N) is 3. The van der Waals surface area contributed by atoms with Gasteiger partial charge in [0.25, 0.3) is 0 Å². The molecule has 8 heteroatoms. The van der Waals surface area contributed by atoms with Crippen LogP contribution in [0.3, 0.4) is 0 Å². The molecule has 0 amide bonds. The first-order valence-electron chi connectivity index (χ1n) is 7.02. The van der Waals surface area contributed by atoms with Crippen LogP contribution in [0.5, 0.6) is 11.5 Å². The Morgan fingerprint density at radius 3 is 2.50 bits per heavy atom. The second-order valence-electron chi connectivity index (χ2n) is 5.12.